The van der Waals surface area contributed by atoms with Crippen LogP contribution in [0.3, 0.4) is 0 Å². The van der Waals surface area contributed by atoms with E-state index in [4.69, 9.17) is 33.4 Å². The van der Waals surface area contributed by atoms with Crippen molar-refractivity contribution >= 4 is 23.0 Å². The summed E-state index contributed by atoms with van der Waals surface area (Å²) >= 11 is 1.43. The van der Waals surface area contributed by atoms with Gasteiger partial charge in [-0.05, 0) is 75.9 Å². The number of hydrogen-bond acceptors (Lipinski definition) is 10. The molecule has 3 aliphatic rings. The number of rotatable bonds is 11. The lowest BCUT2D eigenvalue weighted by molar-refractivity contribution is -0.204. The second-order valence-electron chi connectivity index (χ2n) is 13.2. The maximum absolute atomic E-state index is 13.0. The number of aliphatic imine (C=N–C) groups is 1. The Morgan fingerprint density at radius 2 is 1.50 bits per heavy atom. The first-order valence-electron chi connectivity index (χ1n) is 16.2. The van der Waals surface area contributed by atoms with Gasteiger partial charge in [-0.2, -0.15) is 0 Å². The summed E-state index contributed by atoms with van der Waals surface area (Å²) < 4.78 is 36.7. The van der Waals surface area contributed by atoms with Gasteiger partial charge in [-0.15, -0.1) is 0 Å². The average molecular weight is 656 g/mol. The predicted octanol–water partition coefficient (Wildman–Crippen LogP) is 6.16. The van der Waals surface area contributed by atoms with Gasteiger partial charge < -0.3 is 33.7 Å². The third-order valence-electron chi connectivity index (χ3n) is 8.54. The van der Waals surface area contributed by atoms with Crippen LogP contribution in [0.4, 0.5) is 4.79 Å². The molecule has 1 aliphatic carbocycles. The highest BCUT2D eigenvalue weighted by molar-refractivity contribution is 8.14. The van der Waals surface area contributed by atoms with Crippen molar-refractivity contribution in [2.24, 2.45) is 4.99 Å². The number of nitrogens with zero attached hydrogens (tertiary/aromatic N) is 2. The molecule has 5 rings (SSSR count). The van der Waals surface area contributed by atoms with Gasteiger partial charge in [-0.1, -0.05) is 48.9 Å². The Morgan fingerprint density at radius 3 is 2.02 bits per heavy atom. The molecule has 1 N–H and O–H groups in total. The number of benzene rings is 2. The molecule has 6 atom stereocenters. The van der Waals surface area contributed by atoms with Crippen LogP contribution in [-0.2, 0) is 32.2 Å². The zero-order valence-electron chi connectivity index (χ0n) is 28.1. The summed E-state index contributed by atoms with van der Waals surface area (Å²) in [5.41, 5.74) is 1.03. The Bertz CT molecular complexity index is 1310. The molecule has 1 saturated heterocycles. The van der Waals surface area contributed by atoms with E-state index in [-0.39, 0.29) is 17.6 Å². The van der Waals surface area contributed by atoms with Crippen molar-refractivity contribution in [1.29, 1.82) is 0 Å². The molecule has 46 heavy (non-hydrogen) atoms. The van der Waals surface area contributed by atoms with Crippen LogP contribution >= 0.6 is 11.8 Å². The first kappa shape index (κ1) is 34.5. The fourth-order valence-electron chi connectivity index (χ4n) is 6.09. The SMILES string of the molecule is COc1ccc(COC2C(OCc3ccc(OC)cc3)[C@H]3N=C(N(C)C(=O)OC(C)(C)C)S[C@H]3O[C@@H]2C(C)NC2CCCC2)cc1. The Kier molecular flexibility index (Phi) is 11.5. The van der Waals surface area contributed by atoms with E-state index in [0.29, 0.717) is 24.4 Å². The van der Waals surface area contributed by atoms with Crippen molar-refractivity contribution in [3.63, 3.8) is 0 Å². The Hall–Kier alpha value is -2.83. The van der Waals surface area contributed by atoms with Crippen LogP contribution < -0.4 is 14.8 Å². The molecule has 10 nitrogen and oxygen atoms in total. The summed E-state index contributed by atoms with van der Waals surface area (Å²) in [5.74, 6) is 1.58. The number of carbonyl (C=O) groups is 1. The topological polar surface area (TPSA) is 100 Å². The minimum Gasteiger partial charge on any atom is -0.497 e. The molecule has 1 amide bonds. The Morgan fingerprint density at radius 1 is 0.957 bits per heavy atom. The summed E-state index contributed by atoms with van der Waals surface area (Å²) in [7, 11) is 4.99. The average Bonchev–Trinajstić information content (AvgIpc) is 3.72. The zero-order chi connectivity index (χ0) is 32.8. The summed E-state index contributed by atoms with van der Waals surface area (Å²) in [6, 6.07) is 15.8. The van der Waals surface area contributed by atoms with E-state index in [1.54, 1.807) is 21.3 Å². The van der Waals surface area contributed by atoms with Crippen LogP contribution in [0, 0.1) is 0 Å². The van der Waals surface area contributed by atoms with Crippen LogP contribution in [0.25, 0.3) is 0 Å². The molecule has 2 aromatic rings. The molecule has 11 heteroatoms. The van der Waals surface area contributed by atoms with E-state index >= 15 is 0 Å². The predicted molar refractivity (Wildman–Crippen MR) is 179 cm³/mol. The maximum Gasteiger partial charge on any atom is 0.416 e. The quantitative estimate of drug-likeness (QED) is 0.305. The standard InChI is InChI=1S/C35H49N3O7S/c1-22(36-25-10-8-9-11-25)29-31(43-21-24-14-18-27(41-7)19-15-24)30(42-20-23-12-16-26(40-6)17-13-23)28-32(44-29)46-33(37-28)38(5)34(39)45-35(2,3)4/h12-19,22,25,28-32,36H,8-11,20-21H2,1-7H3/t22?,28-,29-,30?,31?,32-/m1/s1. The second-order valence-corrected chi connectivity index (χ2v) is 14.3. The minimum absolute atomic E-state index is 0.00904. The van der Waals surface area contributed by atoms with E-state index in [9.17, 15) is 4.79 Å². The summed E-state index contributed by atoms with van der Waals surface area (Å²) in [4.78, 5) is 19.5. The first-order valence-corrected chi connectivity index (χ1v) is 17.0. The van der Waals surface area contributed by atoms with Gasteiger partial charge in [0.2, 0.25) is 0 Å². The molecule has 252 valence electrons. The molecule has 2 aromatic carbocycles. The van der Waals surface area contributed by atoms with Crippen LogP contribution in [0.1, 0.15) is 64.5 Å². The number of thioether (sulfide) groups is 1. The third kappa shape index (κ3) is 8.74. The van der Waals surface area contributed by atoms with E-state index in [1.165, 1.54) is 29.5 Å². The Balaban J connectivity index is 1.43. The second kappa shape index (κ2) is 15.4. The highest BCUT2D eigenvalue weighted by atomic mass is 32.2. The Labute approximate surface area is 277 Å². The summed E-state index contributed by atoms with van der Waals surface area (Å²) in [6.45, 7) is 8.44. The normalized spacial score (nSPS) is 25.5. The smallest absolute Gasteiger partial charge is 0.416 e. The van der Waals surface area contributed by atoms with Crippen molar-refractivity contribution in [3.05, 3.63) is 59.7 Å². The van der Waals surface area contributed by atoms with Gasteiger partial charge in [-0.3, -0.25) is 9.89 Å². The molecule has 2 fully saturated rings. The monoisotopic (exact) mass is 655 g/mol. The van der Waals surface area contributed by atoms with Crippen molar-refractivity contribution in [3.8, 4) is 11.5 Å². The van der Waals surface area contributed by atoms with Gasteiger partial charge in [0.1, 0.15) is 46.9 Å². The van der Waals surface area contributed by atoms with Crippen LogP contribution in [-0.4, -0.2) is 84.9 Å². The van der Waals surface area contributed by atoms with Crippen LogP contribution in [0.15, 0.2) is 53.5 Å². The lowest BCUT2D eigenvalue weighted by Gasteiger charge is -2.45. The van der Waals surface area contributed by atoms with Crippen LogP contribution in [0.5, 0.6) is 11.5 Å². The molecule has 1 saturated carbocycles. The van der Waals surface area contributed by atoms with E-state index in [1.807, 2.05) is 69.3 Å². The number of methoxy groups -OCH3 is 2. The fraction of sp³-hybridized carbons (Fsp3) is 0.600. The highest BCUT2D eigenvalue weighted by Gasteiger charge is 2.53. The van der Waals surface area contributed by atoms with Gasteiger partial charge in [0.05, 0.1) is 27.4 Å². The fourth-order valence-corrected chi connectivity index (χ4v) is 7.25. The van der Waals surface area contributed by atoms with Gasteiger partial charge in [0.25, 0.3) is 0 Å². The summed E-state index contributed by atoms with van der Waals surface area (Å²) in [6.07, 6.45) is 3.09. The first-order chi connectivity index (χ1) is 22.0. The number of amidine groups is 1. The van der Waals surface area contributed by atoms with E-state index in [2.05, 4.69) is 12.2 Å². The number of amides is 1. The largest absolute Gasteiger partial charge is 0.497 e. The van der Waals surface area contributed by atoms with Gasteiger partial charge in [0, 0.05) is 19.1 Å². The van der Waals surface area contributed by atoms with Crippen molar-refractivity contribution in [1.82, 2.24) is 10.2 Å². The molecule has 2 heterocycles. The number of fused-ring (bicyclic) bond motifs is 1. The lowest BCUT2D eigenvalue weighted by Crippen LogP contribution is -2.62. The number of hydrogen-bond donors (Lipinski definition) is 1. The molecule has 0 bridgehead atoms. The van der Waals surface area contributed by atoms with E-state index in [0.717, 1.165) is 35.5 Å². The van der Waals surface area contributed by atoms with Gasteiger partial charge in [-0.25, -0.2) is 4.79 Å². The molecule has 0 spiro atoms. The highest BCUT2D eigenvalue weighted by Crippen LogP contribution is 2.41. The van der Waals surface area contributed by atoms with Crippen LogP contribution in [0.2, 0.25) is 0 Å². The van der Waals surface area contributed by atoms with Crippen molar-refractivity contribution in [2.75, 3.05) is 21.3 Å². The molecular weight excluding hydrogens is 606 g/mol. The van der Waals surface area contributed by atoms with E-state index < -0.39 is 29.9 Å². The summed E-state index contributed by atoms with van der Waals surface area (Å²) in [5, 5.41) is 4.37. The molecular formula is C35H49N3O7S. The van der Waals surface area contributed by atoms with Crippen molar-refractivity contribution in [2.45, 2.75) is 114 Å². The third-order valence-corrected chi connectivity index (χ3v) is 9.75. The minimum atomic E-state index is -0.630. The zero-order valence-corrected chi connectivity index (χ0v) is 28.9. The molecule has 0 aromatic heterocycles. The van der Waals surface area contributed by atoms with Gasteiger partial charge in [0.15, 0.2) is 5.17 Å². The number of ether oxygens (including phenoxy) is 6. The number of nitrogens with one attached hydrogen (secondary N) is 1. The number of carbonyl (C=O) groups excluding carboxylic acids is 1. The van der Waals surface area contributed by atoms with Crippen molar-refractivity contribution < 1.29 is 33.2 Å². The lowest BCUT2D eigenvalue weighted by atomic mass is 9.93. The molecule has 0 radical (unpaired) electrons. The van der Waals surface area contributed by atoms with Gasteiger partial charge >= 0.3 is 6.09 Å². The molecule has 3 unspecified atom stereocenters. The maximum atomic E-state index is 13.0. The molecule has 2 aliphatic heterocycles.